The summed E-state index contributed by atoms with van der Waals surface area (Å²) in [5.74, 6) is -0.326. The van der Waals surface area contributed by atoms with E-state index in [1.54, 1.807) is 23.1 Å². The fraction of sp³-hybridized carbons (Fsp3) is 0.188. The minimum absolute atomic E-state index is 0.271. The molecule has 1 aromatic carbocycles. The second-order valence-corrected chi connectivity index (χ2v) is 4.85. The van der Waals surface area contributed by atoms with E-state index in [1.165, 1.54) is 6.33 Å². The molecule has 112 valence electrons. The molecule has 6 nitrogen and oxygen atoms in total. The number of hydrogen-bond donors (Lipinski definition) is 0. The van der Waals surface area contributed by atoms with E-state index in [0.29, 0.717) is 12.1 Å². The fourth-order valence-corrected chi connectivity index (χ4v) is 2.10. The summed E-state index contributed by atoms with van der Waals surface area (Å²) in [5, 5.41) is 3.94. The zero-order chi connectivity index (χ0) is 15.2. The highest BCUT2D eigenvalue weighted by atomic mass is 16.5. The van der Waals surface area contributed by atoms with Gasteiger partial charge in [0, 0.05) is 18.9 Å². The number of nitrogens with zero attached hydrogens (tertiary/aromatic N) is 4. The Balaban J connectivity index is 1.52. The maximum absolute atomic E-state index is 11.9. The first-order valence-corrected chi connectivity index (χ1v) is 7.00. The summed E-state index contributed by atoms with van der Waals surface area (Å²) < 4.78 is 8.91. The van der Waals surface area contributed by atoms with E-state index >= 15 is 0 Å². The van der Waals surface area contributed by atoms with Crippen LogP contribution >= 0.6 is 0 Å². The Hall–Kier alpha value is -2.89. The van der Waals surface area contributed by atoms with Gasteiger partial charge < -0.3 is 9.30 Å². The smallest absolute Gasteiger partial charge is 0.338 e. The zero-order valence-corrected chi connectivity index (χ0v) is 12.0. The molecule has 0 radical (unpaired) electrons. The first-order valence-electron chi connectivity index (χ1n) is 7.00. The van der Waals surface area contributed by atoms with Gasteiger partial charge in [-0.3, -0.25) is 0 Å². The lowest BCUT2D eigenvalue weighted by Gasteiger charge is -2.06. The Morgan fingerprint density at radius 3 is 2.59 bits per heavy atom. The lowest BCUT2D eigenvalue weighted by atomic mass is 10.1. The Morgan fingerprint density at radius 2 is 1.91 bits per heavy atom. The van der Waals surface area contributed by atoms with Crippen LogP contribution in [0, 0.1) is 0 Å². The monoisotopic (exact) mass is 296 g/mol. The number of rotatable bonds is 6. The Morgan fingerprint density at radius 1 is 1.14 bits per heavy atom. The molecule has 0 spiro atoms. The third-order valence-corrected chi connectivity index (χ3v) is 3.24. The molecule has 0 unspecified atom stereocenters. The molecular weight excluding hydrogens is 280 g/mol. The maximum Gasteiger partial charge on any atom is 0.338 e. The molecule has 2 heterocycles. The number of aromatic nitrogens is 4. The highest BCUT2D eigenvalue weighted by molar-refractivity contribution is 5.89. The van der Waals surface area contributed by atoms with Gasteiger partial charge in [-0.1, -0.05) is 12.1 Å². The lowest BCUT2D eigenvalue weighted by molar-refractivity contribution is 0.0487. The number of ether oxygens (including phenoxy) is 1. The molecule has 2 aromatic heterocycles. The average molecular weight is 296 g/mol. The van der Waals surface area contributed by atoms with Gasteiger partial charge in [0.2, 0.25) is 0 Å². The van der Waals surface area contributed by atoms with Gasteiger partial charge in [0.25, 0.3) is 0 Å². The molecular formula is C16H16N4O2. The first-order chi connectivity index (χ1) is 10.8. The van der Waals surface area contributed by atoms with Gasteiger partial charge in [0.1, 0.15) is 19.3 Å². The normalized spacial score (nSPS) is 10.5. The molecule has 0 aliphatic carbocycles. The topological polar surface area (TPSA) is 61.9 Å². The van der Waals surface area contributed by atoms with Gasteiger partial charge in [-0.15, -0.1) is 0 Å². The summed E-state index contributed by atoms with van der Waals surface area (Å²) in [5.41, 5.74) is 1.69. The largest absolute Gasteiger partial charge is 0.460 e. The molecule has 0 aliphatic heterocycles. The van der Waals surface area contributed by atoms with E-state index < -0.39 is 0 Å². The summed E-state index contributed by atoms with van der Waals surface area (Å²) in [6, 6.07) is 11.4. The fourth-order valence-electron chi connectivity index (χ4n) is 2.10. The zero-order valence-electron chi connectivity index (χ0n) is 12.0. The molecule has 0 N–H and O–H groups in total. The van der Waals surface area contributed by atoms with Crippen LogP contribution in [-0.4, -0.2) is 31.9 Å². The predicted molar refractivity (Wildman–Crippen MR) is 80.3 cm³/mol. The van der Waals surface area contributed by atoms with E-state index in [4.69, 9.17) is 4.74 Å². The van der Waals surface area contributed by atoms with Crippen LogP contribution in [0.4, 0.5) is 0 Å². The molecule has 3 aromatic rings. The minimum Gasteiger partial charge on any atom is -0.460 e. The first kappa shape index (κ1) is 14.1. The van der Waals surface area contributed by atoms with E-state index in [-0.39, 0.29) is 12.6 Å². The molecule has 0 aliphatic rings. The highest BCUT2D eigenvalue weighted by Crippen LogP contribution is 2.08. The predicted octanol–water partition coefficient (Wildman–Crippen LogP) is 1.98. The SMILES string of the molecule is O=C(OCCn1cncn1)c1ccc(Cn2cccc2)cc1. The average Bonchev–Trinajstić information content (AvgIpc) is 3.21. The maximum atomic E-state index is 11.9. The van der Waals surface area contributed by atoms with Crippen LogP contribution in [-0.2, 0) is 17.8 Å². The van der Waals surface area contributed by atoms with E-state index in [2.05, 4.69) is 14.6 Å². The second kappa shape index (κ2) is 6.71. The van der Waals surface area contributed by atoms with E-state index in [9.17, 15) is 4.79 Å². The third kappa shape index (κ3) is 3.60. The van der Waals surface area contributed by atoms with Gasteiger partial charge in [0.15, 0.2) is 0 Å². The minimum atomic E-state index is -0.326. The van der Waals surface area contributed by atoms with Crippen molar-refractivity contribution in [1.29, 1.82) is 0 Å². The number of carbonyl (C=O) groups excluding carboxylic acids is 1. The number of esters is 1. The molecule has 3 rings (SSSR count). The Bertz CT molecular complexity index is 703. The van der Waals surface area contributed by atoms with Crippen molar-refractivity contribution in [2.75, 3.05) is 6.61 Å². The molecule has 0 saturated heterocycles. The quantitative estimate of drug-likeness (QED) is 0.653. The molecule has 22 heavy (non-hydrogen) atoms. The number of carbonyl (C=O) groups is 1. The molecule has 6 heteroatoms. The molecule has 0 fully saturated rings. The number of hydrogen-bond acceptors (Lipinski definition) is 4. The van der Waals surface area contributed by atoms with Crippen molar-refractivity contribution in [2.45, 2.75) is 13.1 Å². The van der Waals surface area contributed by atoms with Crippen molar-refractivity contribution in [3.05, 3.63) is 72.6 Å². The Labute approximate surface area is 128 Å². The van der Waals surface area contributed by atoms with E-state index in [0.717, 1.165) is 12.1 Å². The summed E-state index contributed by atoms with van der Waals surface area (Å²) in [6.07, 6.45) is 7.05. The molecule has 0 bridgehead atoms. The van der Waals surface area contributed by atoms with Crippen LogP contribution in [0.1, 0.15) is 15.9 Å². The molecule has 0 atom stereocenters. The van der Waals surface area contributed by atoms with Gasteiger partial charge in [-0.2, -0.15) is 5.10 Å². The summed E-state index contributed by atoms with van der Waals surface area (Å²) in [4.78, 5) is 15.8. The summed E-state index contributed by atoms with van der Waals surface area (Å²) in [6.45, 7) is 1.55. The summed E-state index contributed by atoms with van der Waals surface area (Å²) in [7, 11) is 0. The van der Waals surface area contributed by atoms with Crippen LogP contribution in [0.15, 0.2) is 61.4 Å². The van der Waals surface area contributed by atoms with Crippen LogP contribution in [0.5, 0.6) is 0 Å². The summed E-state index contributed by atoms with van der Waals surface area (Å²) >= 11 is 0. The van der Waals surface area contributed by atoms with Gasteiger partial charge in [0.05, 0.1) is 12.1 Å². The van der Waals surface area contributed by atoms with Gasteiger partial charge >= 0.3 is 5.97 Å². The second-order valence-electron chi connectivity index (χ2n) is 4.85. The van der Waals surface area contributed by atoms with Crippen LogP contribution < -0.4 is 0 Å². The van der Waals surface area contributed by atoms with Crippen LogP contribution in [0.25, 0.3) is 0 Å². The number of benzene rings is 1. The van der Waals surface area contributed by atoms with Crippen molar-refractivity contribution in [3.63, 3.8) is 0 Å². The van der Waals surface area contributed by atoms with E-state index in [1.807, 2.05) is 36.7 Å². The standard InChI is InChI=1S/C16H16N4O2/c21-16(22-10-9-20-13-17-12-18-20)15-5-3-14(4-6-15)11-19-7-1-2-8-19/h1-8,12-13H,9-11H2. The van der Waals surface area contributed by atoms with Crippen molar-refractivity contribution < 1.29 is 9.53 Å². The van der Waals surface area contributed by atoms with Gasteiger partial charge in [-0.25, -0.2) is 14.5 Å². The van der Waals surface area contributed by atoms with Crippen molar-refractivity contribution >= 4 is 5.97 Å². The van der Waals surface area contributed by atoms with Crippen molar-refractivity contribution in [2.24, 2.45) is 0 Å². The van der Waals surface area contributed by atoms with Crippen LogP contribution in [0.2, 0.25) is 0 Å². The molecule has 0 amide bonds. The molecule has 0 saturated carbocycles. The van der Waals surface area contributed by atoms with Gasteiger partial charge in [-0.05, 0) is 29.8 Å². The third-order valence-electron chi connectivity index (χ3n) is 3.24. The van der Waals surface area contributed by atoms with Crippen LogP contribution in [0.3, 0.4) is 0 Å². The van der Waals surface area contributed by atoms with Crippen molar-refractivity contribution in [1.82, 2.24) is 19.3 Å². The Kier molecular flexibility index (Phi) is 4.29. The van der Waals surface area contributed by atoms with Crippen molar-refractivity contribution in [3.8, 4) is 0 Å². The lowest BCUT2D eigenvalue weighted by Crippen LogP contribution is -2.12. The highest BCUT2D eigenvalue weighted by Gasteiger charge is 2.07.